The fraction of sp³-hybridized carbons (Fsp3) is 0.500. The average Bonchev–Trinajstić information content (AvgIpc) is 2.42. The van der Waals surface area contributed by atoms with Crippen molar-refractivity contribution in [1.29, 1.82) is 0 Å². The molecule has 3 rings (SSSR count). The van der Waals surface area contributed by atoms with Crippen molar-refractivity contribution in [3.8, 4) is 5.75 Å². The minimum atomic E-state index is -0.282. The van der Waals surface area contributed by atoms with E-state index in [0.717, 1.165) is 0 Å². The molecular formula is C12H15N3O4. The Morgan fingerprint density at radius 1 is 1.53 bits per heavy atom. The van der Waals surface area contributed by atoms with Crippen molar-refractivity contribution in [2.75, 3.05) is 31.8 Å². The predicted molar refractivity (Wildman–Crippen MR) is 66.9 cm³/mol. The Bertz CT molecular complexity index is 569. The molecule has 1 fully saturated rings. The van der Waals surface area contributed by atoms with Crippen molar-refractivity contribution in [3.05, 3.63) is 28.2 Å². The maximum Gasteiger partial charge on any atom is 0.278 e. The lowest BCUT2D eigenvalue weighted by molar-refractivity contribution is -0.00321. The standard InChI is InChI=1S/C12H15N3O4/c1-2-19-11-8(16)3-4-15-10(11)12(17)14-5-6-18-7-9(14)13-15/h3-4,9,13H,2,5-7H2,1H3/t9-/m0/s1. The number of rotatable bonds is 2. The smallest absolute Gasteiger partial charge is 0.278 e. The first kappa shape index (κ1) is 12.0. The monoisotopic (exact) mass is 265 g/mol. The fourth-order valence-electron chi connectivity index (χ4n) is 2.36. The topological polar surface area (TPSA) is 72.8 Å². The van der Waals surface area contributed by atoms with E-state index in [4.69, 9.17) is 9.47 Å². The van der Waals surface area contributed by atoms with E-state index >= 15 is 0 Å². The summed E-state index contributed by atoms with van der Waals surface area (Å²) in [6.07, 6.45) is 1.34. The molecule has 0 unspecified atom stereocenters. The van der Waals surface area contributed by atoms with Gasteiger partial charge in [-0.3, -0.25) is 14.3 Å². The van der Waals surface area contributed by atoms with Crippen LogP contribution in [0.4, 0.5) is 0 Å². The molecule has 1 atom stereocenters. The quantitative estimate of drug-likeness (QED) is 0.788. The number of nitrogens with zero attached hydrogens (tertiary/aromatic N) is 2. The van der Waals surface area contributed by atoms with E-state index in [1.165, 1.54) is 6.07 Å². The predicted octanol–water partition coefficient (Wildman–Crippen LogP) is -0.397. The number of pyridine rings is 1. The lowest BCUT2D eigenvalue weighted by Crippen LogP contribution is -2.59. The third-order valence-electron chi connectivity index (χ3n) is 3.22. The summed E-state index contributed by atoms with van der Waals surface area (Å²) < 4.78 is 12.2. The van der Waals surface area contributed by atoms with E-state index in [2.05, 4.69) is 5.43 Å². The van der Waals surface area contributed by atoms with E-state index in [-0.39, 0.29) is 28.9 Å². The molecule has 1 N–H and O–H groups in total. The van der Waals surface area contributed by atoms with Gasteiger partial charge in [-0.15, -0.1) is 0 Å². The molecule has 1 aromatic rings. The minimum Gasteiger partial charge on any atom is -0.488 e. The lowest BCUT2D eigenvalue weighted by Gasteiger charge is -2.41. The summed E-state index contributed by atoms with van der Waals surface area (Å²) in [4.78, 5) is 26.0. The summed E-state index contributed by atoms with van der Waals surface area (Å²) in [7, 11) is 0. The Hall–Kier alpha value is -2.02. The van der Waals surface area contributed by atoms with Crippen LogP contribution >= 0.6 is 0 Å². The van der Waals surface area contributed by atoms with Crippen molar-refractivity contribution < 1.29 is 14.3 Å². The zero-order valence-corrected chi connectivity index (χ0v) is 10.6. The molecule has 1 saturated heterocycles. The van der Waals surface area contributed by atoms with Gasteiger partial charge in [-0.1, -0.05) is 0 Å². The van der Waals surface area contributed by atoms with Crippen LogP contribution in [0.15, 0.2) is 17.1 Å². The number of amides is 1. The van der Waals surface area contributed by atoms with E-state index in [9.17, 15) is 9.59 Å². The Morgan fingerprint density at radius 2 is 2.37 bits per heavy atom. The summed E-state index contributed by atoms with van der Waals surface area (Å²) >= 11 is 0. The van der Waals surface area contributed by atoms with Crippen molar-refractivity contribution >= 4 is 5.91 Å². The van der Waals surface area contributed by atoms with Crippen LogP contribution in [0.3, 0.4) is 0 Å². The Labute approximate surface area is 109 Å². The van der Waals surface area contributed by atoms with E-state index in [1.54, 1.807) is 22.7 Å². The molecule has 1 amide bonds. The number of nitrogens with one attached hydrogen (secondary N) is 1. The van der Waals surface area contributed by atoms with Gasteiger partial charge in [0.25, 0.3) is 5.91 Å². The first-order chi connectivity index (χ1) is 9.22. The molecule has 0 bridgehead atoms. The zero-order chi connectivity index (χ0) is 13.4. The molecular weight excluding hydrogens is 250 g/mol. The lowest BCUT2D eigenvalue weighted by atomic mass is 10.2. The highest BCUT2D eigenvalue weighted by molar-refractivity contribution is 5.96. The summed E-state index contributed by atoms with van der Waals surface area (Å²) in [5, 5.41) is 0. The first-order valence-electron chi connectivity index (χ1n) is 6.26. The van der Waals surface area contributed by atoms with Crippen LogP contribution in [0.25, 0.3) is 0 Å². The van der Waals surface area contributed by atoms with Crippen LogP contribution < -0.4 is 15.6 Å². The molecule has 0 radical (unpaired) electrons. The van der Waals surface area contributed by atoms with Gasteiger partial charge in [-0.2, -0.15) is 0 Å². The number of carbonyl (C=O) groups is 1. The maximum atomic E-state index is 12.5. The van der Waals surface area contributed by atoms with E-state index in [0.29, 0.717) is 26.4 Å². The summed E-state index contributed by atoms with van der Waals surface area (Å²) in [6, 6.07) is 1.38. The van der Waals surface area contributed by atoms with Crippen molar-refractivity contribution in [2.45, 2.75) is 13.1 Å². The highest BCUT2D eigenvalue weighted by Gasteiger charge is 2.36. The van der Waals surface area contributed by atoms with Gasteiger partial charge in [0.15, 0.2) is 11.4 Å². The molecule has 2 aliphatic rings. The number of hydrogen-bond acceptors (Lipinski definition) is 5. The van der Waals surface area contributed by atoms with Gasteiger partial charge in [0, 0.05) is 18.8 Å². The second kappa shape index (κ2) is 4.58. The van der Waals surface area contributed by atoms with Gasteiger partial charge < -0.3 is 19.8 Å². The van der Waals surface area contributed by atoms with Gasteiger partial charge in [0.2, 0.25) is 5.43 Å². The number of hydrogen-bond donors (Lipinski definition) is 1. The molecule has 7 heteroatoms. The molecule has 7 nitrogen and oxygen atoms in total. The highest BCUT2D eigenvalue weighted by atomic mass is 16.5. The molecule has 3 heterocycles. The fourth-order valence-corrected chi connectivity index (χ4v) is 2.36. The molecule has 19 heavy (non-hydrogen) atoms. The molecule has 0 saturated carbocycles. The third-order valence-corrected chi connectivity index (χ3v) is 3.22. The van der Waals surface area contributed by atoms with Crippen molar-refractivity contribution in [3.63, 3.8) is 0 Å². The normalized spacial score (nSPS) is 21.4. The first-order valence-corrected chi connectivity index (χ1v) is 6.26. The van der Waals surface area contributed by atoms with E-state index < -0.39 is 0 Å². The van der Waals surface area contributed by atoms with Gasteiger partial charge in [-0.05, 0) is 6.92 Å². The maximum absolute atomic E-state index is 12.5. The molecule has 2 aliphatic heterocycles. The number of fused-ring (bicyclic) bond motifs is 2. The molecule has 1 aromatic heterocycles. The second-order valence-electron chi connectivity index (χ2n) is 4.38. The van der Waals surface area contributed by atoms with E-state index in [1.807, 2.05) is 0 Å². The van der Waals surface area contributed by atoms with Crippen LogP contribution in [0.1, 0.15) is 17.4 Å². The Kier molecular flexibility index (Phi) is 2.90. The Morgan fingerprint density at radius 3 is 3.16 bits per heavy atom. The van der Waals surface area contributed by atoms with Gasteiger partial charge in [0.1, 0.15) is 6.17 Å². The van der Waals surface area contributed by atoms with Crippen molar-refractivity contribution in [2.24, 2.45) is 0 Å². The summed E-state index contributed by atoms with van der Waals surface area (Å²) in [6.45, 7) is 3.56. The number of ether oxygens (including phenoxy) is 2. The number of aromatic nitrogens is 1. The second-order valence-corrected chi connectivity index (χ2v) is 4.38. The summed E-state index contributed by atoms with van der Waals surface area (Å²) in [5.74, 6) is -0.0966. The SMILES string of the molecule is CCOc1c2n(ccc1=O)N[C@@H]1COCCN1C2=O. The van der Waals surface area contributed by atoms with Crippen molar-refractivity contribution in [1.82, 2.24) is 9.58 Å². The Balaban J connectivity index is 2.09. The molecule has 0 aliphatic carbocycles. The average molecular weight is 265 g/mol. The minimum absolute atomic E-state index is 0.104. The van der Waals surface area contributed by atoms with Crippen LogP contribution in [-0.4, -0.2) is 48.0 Å². The van der Waals surface area contributed by atoms with Crippen LogP contribution in [0.2, 0.25) is 0 Å². The molecule has 102 valence electrons. The van der Waals surface area contributed by atoms with Crippen LogP contribution in [-0.2, 0) is 4.74 Å². The van der Waals surface area contributed by atoms with Crippen LogP contribution in [0, 0.1) is 0 Å². The van der Waals surface area contributed by atoms with Gasteiger partial charge >= 0.3 is 0 Å². The molecule has 0 aromatic carbocycles. The number of morpholine rings is 1. The summed E-state index contributed by atoms with van der Waals surface area (Å²) in [5.41, 5.74) is 3.11. The largest absolute Gasteiger partial charge is 0.488 e. The van der Waals surface area contributed by atoms with Crippen LogP contribution in [0.5, 0.6) is 5.75 Å². The third kappa shape index (κ3) is 1.86. The zero-order valence-electron chi connectivity index (χ0n) is 10.6. The number of carbonyl (C=O) groups excluding carboxylic acids is 1. The van der Waals surface area contributed by atoms with Gasteiger partial charge in [0.05, 0.1) is 19.8 Å². The van der Waals surface area contributed by atoms with Gasteiger partial charge in [-0.25, -0.2) is 0 Å². The molecule has 0 spiro atoms. The highest BCUT2D eigenvalue weighted by Crippen LogP contribution is 2.22.